The van der Waals surface area contributed by atoms with Gasteiger partial charge in [0, 0.05) is 18.7 Å². The number of hydrogen-bond donors (Lipinski definition) is 1. The fourth-order valence-corrected chi connectivity index (χ4v) is 3.63. The third-order valence-corrected chi connectivity index (χ3v) is 5.12. The number of para-hydroxylation sites is 1. The third-order valence-electron chi connectivity index (χ3n) is 4.15. The molecule has 2 aromatic rings. The fourth-order valence-electron chi connectivity index (χ4n) is 2.84. The van der Waals surface area contributed by atoms with E-state index < -0.39 is 0 Å². The maximum atomic E-state index is 12.5. The Morgan fingerprint density at radius 1 is 1.08 bits per heavy atom. The van der Waals surface area contributed by atoms with Crippen LogP contribution >= 0.6 is 11.8 Å². The lowest BCUT2D eigenvalue weighted by atomic mass is 10.0. The summed E-state index contributed by atoms with van der Waals surface area (Å²) in [5.41, 5.74) is 3.34. The summed E-state index contributed by atoms with van der Waals surface area (Å²) in [5.74, 6) is 1.33. The molecule has 0 spiro atoms. The Morgan fingerprint density at radius 2 is 1.76 bits per heavy atom. The van der Waals surface area contributed by atoms with Crippen LogP contribution in [0.2, 0.25) is 0 Å². The average molecular weight is 361 g/mol. The van der Waals surface area contributed by atoms with Gasteiger partial charge in [0.1, 0.15) is 5.82 Å². The number of thioether (sulfide) groups is 1. The first-order valence-corrected chi connectivity index (χ1v) is 10.1. The third kappa shape index (κ3) is 4.84. The lowest BCUT2D eigenvalue weighted by Crippen LogP contribution is -2.17. The van der Waals surface area contributed by atoms with Crippen LogP contribution < -0.4 is 5.32 Å². The Balaban J connectivity index is 2.06. The van der Waals surface area contributed by atoms with Gasteiger partial charge in [0.25, 0.3) is 0 Å². The smallest absolute Gasteiger partial charge is 0.234 e. The van der Waals surface area contributed by atoms with E-state index in [0.717, 1.165) is 48.9 Å². The zero-order valence-corrected chi connectivity index (χ0v) is 16.4. The second-order valence-corrected chi connectivity index (χ2v) is 6.84. The van der Waals surface area contributed by atoms with Crippen LogP contribution in [0.4, 0.5) is 5.69 Å². The molecule has 2 rings (SSSR count). The highest BCUT2D eigenvalue weighted by Crippen LogP contribution is 2.24. The predicted molar refractivity (Wildman–Crippen MR) is 104 cm³/mol. The summed E-state index contributed by atoms with van der Waals surface area (Å²) < 4.78 is 2.12. The molecule has 0 aliphatic heterocycles. The summed E-state index contributed by atoms with van der Waals surface area (Å²) in [4.78, 5) is 12.5. The minimum Gasteiger partial charge on any atom is -0.325 e. The van der Waals surface area contributed by atoms with Crippen molar-refractivity contribution in [1.82, 2.24) is 14.8 Å². The van der Waals surface area contributed by atoms with Gasteiger partial charge in [-0.05, 0) is 30.4 Å². The van der Waals surface area contributed by atoms with Crippen molar-refractivity contribution in [3.8, 4) is 0 Å². The Kier molecular flexibility index (Phi) is 7.50. The van der Waals surface area contributed by atoms with Crippen molar-refractivity contribution in [2.24, 2.45) is 0 Å². The fraction of sp³-hybridized carbons (Fsp3) is 0.526. The van der Waals surface area contributed by atoms with Crippen LogP contribution in [0.25, 0.3) is 0 Å². The van der Waals surface area contributed by atoms with Crippen LogP contribution in [0.3, 0.4) is 0 Å². The number of carbonyl (C=O) groups is 1. The Hall–Kier alpha value is -1.82. The molecule has 1 aromatic heterocycles. The zero-order valence-electron chi connectivity index (χ0n) is 15.6. The van der Waals surface area contributed by atoms with E-state index in [1.165, 1.54) is 22.9 Å². The SMILES string of the molecule is CCCn1c(CC)nnc1SCC(=O)Nc1c(CC)cccc1CC. The van der Waals surface area contributed by atoms with Crippen molar-refractivity contribution in [3.63, 3.8) is 0 Å². The molecule has 1 N–H and O–H groups in total. The molecule has 0 saturated carbocycles. The van der Waals surface area contributed by atoms with Crippen LogP contribution in [0.5, 0.6) is 0 Å². The monoisotopic (exact) mass is 360 g/mol. The molecule has 1 heterocycles. The molecule has 1 aromatic carbocycles. The number of nitrogens with zero attached hydrogens (tertiary/aromatic N) is 3. The van der Waals surface area contributed by atoms with E-state index in [1.807, 2.05) is 0 Å². The number of amides is 1. The maximum Gasteiger partial charge on any atom is 0.234 e. The molecule has 0 aliphatic carbocycles. The number of aryl methyl sites for hydroxylation is 3. The van der Waals surface area contributed by atoms with Gasteiger partial charge >= 0.3 is 0 Å². The van der Waals surface area contributed by atoms with Crippen LogP contribution in [-0.4, -0.2) is 26.4 Å². The summed E-state index contributed by atoms with van der Waals surface area (Å²) in [6, 6.07) is 6.21. The molecule has 0 saturated heterocycles. The summed E-state index contributed by atoms with van der Waals surface area (Å²) in [7, 11) is 0. The lowest BCUT2D eigenvalue weighted by molar-refractivity contribution is -0.113. The normalized spacial score (nSPS) is 10.9. The first-order valence-electron chi connectivity index (χ1n) is 9.09. The van der Waals surface area contributed by atoms with Crippen LogP contribution in [0, 0.1) is 0 Å². The summed E-state index contributed by atoms with van der Waals surface area (Å²) in [6.45, 7) is 9.32. The Labute approximate surface area is 154 Å². The molecular weight excluding hydrogens is 332 g/mol. The molecule has 0 atom stereocenters. The van der Waals surface area contributed by atoms with Crippen molar-refractivity contribution < 1.29 is 4.79 Å². The van der Waals surface area contributed by atoms with Crippen molar-refractivity contribution in [1.29, 1.82) is 0 Å². The molecule has 0 unspecified atom stereocenters. The first-order chi connectivity index (χ1) is 12.1. The van der Waals surface area contributed by atoms with Gasteiger partial charge < -0.3 is 9.88 Å². The van der Waals surface area contributed by atoms with E-state index in [9.17, 15) is 4.79 Å². The standard InChI is InChI=1S/C19H28N4OS/c1-5-12-23-16(8-4)21-22-19(23)25-13-17(24)20-18-14(6-2)10-9-11-15(18)7-3/h9-11H,5-8,12-13H2,1-4H3,(H,20,24). The van der Waals surface area contributed by atoms with E-state index in [-0.39, 0.29) is 5.91 Å². The van der Waals surface area contributed by atoms with E-state index in [0.29, 0.717) is 5.75 Å². The van der Waals surface area contributed by atoms with E-state index in [4.69, 9.17) is 0 Å². The van der Waals surface area contributed by atoms with Gasteiger partial charge in [-0.2, -0.15) is 0 Å². The van der Waals surface area contributed by atoms with E-state index >= 15 is 0 Å². The van der Waals surface area contributed by atoms with Crippen LogP contribution in [-0.2, 0) is 30.6 Å². The molecule has 5 nitrogen and oxygen atoms in total. The van der Waals surface area contributed by atoms with Gasteiger partial charge in [-0.3, -0.25) is 4.79 Å². The highest BCUT2D eigenvalue weighted by molar-refractivity contribution is 7.99. The second-order valence-electron chi connectivity index (χ2n) is 5.90. The molecule has 0 radical (unpaired) electrons. The van der Waals surface area contributed by atoms with Gasteiger partial charge in [-0.25, -0.2) is 0 Å². The number of anilines is 1. The molecule has 0 aliphatic rings. The van der Waals surface area contributed by atoms with E-state index in [2.05, 4.69) is 66.0 Å². The number of rotatable bonds is 9. The molecular formula is C19H28N4OS. The maximum absolute atomic E-state index is 12.5. The summed E-state index contributed by atoms with van der Waals surface area (Å²) in [6.07, 6.45) is 3.68. The zero-order chi connectivity index (χ0) is 18.2. The number of nitrogens with one attached hydrogen (secondary N) is 1. The number of benzene rings is 1. The van der Waals surface area contributed by atoms with Crippen LogP contribution in [0.1, 0.15) is 51.1 Å². The highest BCUT2D eigenvalue weighted by Gasteiger charge is 2.14. The van der Waals surface area contributed by atoms with Gasteiger partial charge in [0.05, 0.1) is 5.75 Å². The molecule has 1 amide bonds. The van der Waals surface area contributed by atoms with Gasteiger partial charge in [-0.15, -0.1) is 10.2 Å². The topological polar surface area (TPSA) is 59.8 Å². The first kappa shape index (κ1) is 19.5. The Bertz CT molecular complexity index is 689. The molecule has 0 bridgehead atoms. The minimum atomic E-state index is 0.00435. The average Bonchev–Trinajstić information content (AvgIpc) is 3.02. The van der Waals surface area contributed by atoms with Crippen molar-refractivity contribution in [3.05, 3.63) is 35.2 Å². The largest absolute Gasteiger partial charge is 0.325 e. The van der Waals surface area contributed by atoms with Crippen molar-refractivity contribution in [2.75, 3.05) is 11.1 Å². The Morgan fingerprint density at radius 3 is 2.32 bits per heavy atom. The van der Waals surface area contributed by atoms with Gasteiger partial charge in [-0.1, -0.05) is 57.7 Å². The number of carbonyl (C=O) groups excluding carboxylic acids is 1. The minimum absolute atomic E-state index is 0.00435. The van der Waals surface area contributed by atoms with Gasteiger partial charge in [0.15, 0.2) is 5.16 Å². The van der Waals surface area contributed by atoms with E-state index in [1.54, 1.807) is 0 Å². The quantitative estimate of drug-likeness (QED) is 0.684. The molecule has 6 heteroatoms. The summed E-state index contributed by atoms with van der Waals surface area (Å²) >= 11 is 1.45. The molecule has 25 heavy (non-hydrogen) atoms. The number of aromatic nitrogens is 3. The second kappa shape index (κ2) is 9.61. The predicted octanol–water partition coefficient (Wildman–Crippen LogP) is 4.11. The van der Waals surface area contributed by atoms with Crippen molar-refractivity contribution in [2.45, 2.75) is 65.1 Å². The molecule has 0 fully saturated rings. The lowest BCUT2D eigenvalue weighted by Gasteiger charge is -2.14. The van der Waals surface area contributed by atoms with Crippen LogP contribution in [0.15, 0.2) is 23.4 Å². The summed E-state index contributed by atoms with van der Waals surface area (Å²) in [5, 5.41) is 12.4. The van der Waals surface area contributed by atoms with Gasteiger partial charge in [0.2, 0.25) is 5.91 Å². The highest BCUT2D eigenvalue weighted by atomic mass is 32.2. The van der Waals surface area contributed by atoms with Crippen molar-refractivity contribution >= 4 is 23.4 Å². The number of hydrogen-bond acceptors (Lipinski definition) is 4. The molecule has 136 valence electrons.